The summed E-state index contributed by atoms with van der Waals surface area (Å²) >= 11 is 6.36. The van der Waals surface area contributed by atoms with E-state index < -0.39 is 6.04 Å². The fourth-order valence-electron chi connectivity index (χ4n) is 3.08. The van der Waals surface area contributed by atoms with E-state index in [1.165, 1.54) is 5.56 Å². The molecule has 1 heterocycles. The molecule has 1 aliphatic rings. The molecule has 3 rings (SSSR count). The Labute approximate surface area is 164 Å². The van der Waals surface area contributed by atoms with Gasteiger partial charge in [0.05, 0.1) is 10.7 Å². The van der Waals surface area contributed by atoms with E-state index in [2.05, 4.69) is 10.6 Å². The number of nitrogens with one attached hydrogen (secondary N) is 2. The summed E-state index contributed by atoms with van der Waals surface area (Å²) in [5, 5.41) is 6.59. The van der Waals surface area contributed by atoms with Gasteiger partial charge in [0.1, 0.15) is 6.04 Å². The largest absolute Gasteiger partial charge is 0.374 e. The summed E-state index contributed by atoms with van der Waals surface area (Å²) < 4.78 is 0. The average Bonchev–Trinajstić information content (AvgIpc) is 3.07. The first-order chi connectivity index (χ1) is 12.9. The highest BCUT2D eigenvalue weighted by atomic mass is 35.5. The van der Waals surface area contributed by atoms with Crippen molar-refractivity contribution in [3.63, 3.8) is 0 Å². The Morgan fingerprint density at radius 1 is 1.22 bits per heavy atom. The van der Waals surface area contributed by atoms with Crippen LogP contribution in [-0.2, 0) is 16.1 Å². The number of aryl methyl sites for hydroxylation is 1. The Hall–Kier alpha value is -2.53. The van der Waals surface area contributed by atoms with Gasteiger partial charge in [-0.1, -0.05) is 41.4 Å². The van der Waals surface area contributed by atoms with Crippen LogP contribution in [0.15, 0.2) is 42.5 Å². The highest BCUT2D eigenvalue weighted by Crippen LogP contribution is 2.31. The van der Waals surface area contributed by atoms with Gasteiger partial charge < -0.3 is 15.5 Å². The minimum absolute atomic E-state index is 0.0921. The fourth-order valence-corrected chi connectivity index (χ4v) is 3.36. The molecule has 1 fully saturated rings. The van der Waals surface area contributed by atoms with E-state index in [1.54, 1.807) is 17.9 Å². The van der Waals surface area contributed by atoms with Crippen LogP contribution in [0.1, 0.15) is 30.9 Å². The van der Waals surface area contributed by atoms with Gasteiger partial charge in [-0.3, -0.25) is 9.59 Å². The van der Waals surface area contributed by atoms with Crippen molar-refractivity contribution in [2.45, 2.75) is 39.3 Å². The second-order valence-electron chi connectivity index (χ2n) is 6.88. The van der Waals surface area contributed by atoms with Crippen molar-refractivity contribution in [1.29, 1.82) is 0 Å². The molecular formula is C21H24ClN3O2. The van der Waals surface area contributed by atoms with Crippen LogP contribution in [0.4, 0.5) is 11.4 Å². The molecule has 6 heteroatoms. The van der Waals surface area contributed by atoms with E-state index in [4.69, 9.17) is 11.6 Å². The third-order valence-corrected chi connectivity index (χ3v) is 4.98. The predicted octanol–water partition coefficient (Wildman–Crippen LogP) is 3.89. The molecule has 1 saturated heterocycles. The first-order valence-electron chi connectivity index (χ1n) is 9.14. The third-order valence-electron chi connectivity index (χ3n) is 4.68. The molecule has 0 aromatic heterocycles. The maximum Gasteiger partial charge on any atom is 0.242 e. The van der Waals surface area contributed by atoms with Gasteiger partial charge in [0.2, 0.25) is 11.8 Å². The van der Waals surface area contributed by atoms with E-state index in [0.717, 1.165) is 23.4 Å². The molecule has 5 nitrogen and oxygen atoms in total. The summed E-state index contributed by atoms with van der Waals surface area (Å²) in [5.41, 5.74) is 3.72. The third kappa shape index (κ3) is 4.80. The Kier molecular flexibility index (Phi) is 6.01. The van der Waals surface area contributed by atoms with Crippen molar-refractivity contribution < 1.29 is 9.59 Å². The van der Waals surface area contributed by atoms with Gasteiger partial charge in [-0.05, 0) is 44.0 Å². The van der Waals surface area contributed by atoms with E-state index in [1.807, 2.05) is 43.3 Å². The molecule has 0 unspecified atom stereocenters. The number of carbonyl (C=O) groups excluding carboxylic acids is 2. The second-order valence-corrected chi connectivity index (χ2v) is 7.29. The molecule has 2 aromatic rings. The fraction of sp³-hybridized carbons (Fsp3) is 0.333. The van der Waals surface area contributed by atoms with Gasteiger partial charge in [-0.25, -0.2) is 0 Å². The van der Waals surface area contributed by atoms with Gasteiger partial charge in [0, 0.05) is 25.2 Å². The molecule has 2 aromatic carbocycles. The number of rotatable bonds is 6. The molecule has 1 aliphatic heterocycles. The van der Waals surface area contributed by atoms with E-state index in [9.17, 15) is 9.59 Å². The summed E-state index contributed by atoms with van der Waals surface area (Å²) in [7, 11) is 0. The highest BCUT2D eigenvalue weighted by molar-refractivity contribution is 6.34. The van der Waals surface area contributed by atoms with Crippen LogP contribution in [0, 0.1) is 6.92 Å². The number of halogens is 1. The lowest BCUT2D eigenvalue weighted by atomic mass is 10.1. The number of hydrogen-bond donors (Lipinski definition) is 2. The van der Waals surface area contributed by atoms with Gasteiger partial charge in [-0.2, -0.15) is 0 Å². The molecule has 142 valence electrons. The smallest absolute Gasteiger partial charge is 0.242 e. The van der Waals surface area contributed by atoms with Gasteiger partial charge in [0.25, 0.3) is 0 Å². The molecule has 0 radical (unpaired) electrons. The number of hydrogen-bond acceptors (Lipinski definition) is 3. The number of amides is 2. The van der Waals surface area contributed by atoms with Crippen LogP contribution in [0.3, 0.4) is 0 Å². The summed E-state index contributed by atoms with van der Waals surface area (Å²) in [6.45, 7) is 5.02. The Morgan fingerprint density at radius 3 is 2.59 bits per heavy atom. The predicted molar refractivity (Wildman–Crippen MR) is 109 cm³/mol. The van der Waals surface area contributed by atoms with Crippen LogP contribution < -0.4 is 15.5 Å². The summed E-state index contributed by atoms with van der Waals surface area (Å²) in [4.78, 5) is 25.9. The number of nitrogens with zero attached hydrogens (tertiary/aromatic N) is 1. The molecule has 0 aliphatic carbocycles. The monoisotopic (exact) mass is 385 g/mol. The Morgan fingerprint density at radius 2 is 1.96 bits per heavy atom. The van der Waals surface area contributed by atoms with E-state index >= 15 is 0 Å². The average molecular weight is 386 g/mol. The van der Waals surface area contributed by atoms with Crippen LogP contribution in [0.25, 0.3) is 0 Å². The molecule has 2 amide bonds. The van der Waals surface area contributed by atoms with Crippen LogP contribution in [0.5, 0.6) is 0 Å². The standard InChI is InChI=1S/C21H24ClN3O2/c1-14-5-7-16(8-6-14)13-23-21(27)15(2)24-17-9-10-19(18(22)12-17)25-11-3-4-20(25)26/h5-10,12,15,24H,3-4,11,13H2,1-2H3,(H,23,27)/t15-/m0/s1. The minimum Gasteiger partial charge on any atom is -0.374 e. The SMILES string of the molecule is Cc1ccc(CNC(=O)[C@H](C)Nc2ccc(N3CCCC3=O)c(Cl)c2)cc1. The lowest BCUT2D eigenvalue weighted by Gasteiger charge is -2.20. The Balaban J connectivity index is 1.57. The summed E-state index contributed by atoms with van der Waals surface area (Å²) in [6, 6.07) is 13.1. The van der Waals surface area contributed by atoms with Crippen molar-refractivity contribution in [1.82, 2.24) is 5.32 Å². The summed E-state index contributed by atoms with van der Waals surface area (Å²) in [6.07, 6.45) is 1.42. The van der Waals surface area contributed by atoms with Crippen molar-refractivity contribution in [3.8, 4) is 0 Å². The Bertz CT molecular complexity index is 836. The zero-order valence-corrected chi connectivity index (χ0v) is 16.3. The molecule has 0 bridgehead atoms. The van der Waals surface area contributed by atoms with Crippen LogP contribution >= 0.6 is 11.6 Å². The number of carbonyl (C=O) groups is 2. The first kappa shape index (κ1) is 19.2. The van der Waals surface area contributed by atoms with Crippen molar-refractivity contribution >= 4 is 34.8 Å². The van der Waals surface area contributed by atoms with E-state index in [-0.39, 0.29) is 11.8 Å². The van der Waals surface area contributed by atoms with Gasteiger partial charge >= 0.3 is 0 Å². The lowest BCUT2D eigenvalue weighted by Crippen LogP contribution is -2.37. The topological polar surface area (TPSA) is 61.4 Å². The molecule has 1 atom stereocenters. The highest BCUT2D eigenvalue weighted by Gasteiger charge is 2.23. The zero-order valence-electron chi connectivity index (χ0n) is 15.6. The van der Waals surface area contributed by atoms with Crippen molar-refractivity contribution in [2.24, 2.45) is 0 Å². The van der Waals surface area contributed by atoms with Crippen molar-refractivity contribution in [2.75, 3.05) is 16.8 Å². The van der Waals surface area contributed by atoms with Gasteiger partial charge in [-0.15, -0.1) is 0 Å². The quantitative estimate of drug-likeness (QED) is 0.792. The number of benzene rings is 2. The minimum atomic E-state index is -0.411. The molecule has 27 heavy (non-hydrogen) atoms. The van der Waals surface area contributed by atoms with Crippen LogP contribution in [0.2, 0.25) is 5.02 Å². The maximum absolute atomic E-state index is 12.3. The normalized spacial score (nSPS) is 14.9. The van der Waals surface area contributed by atoms with Gasteiger partial charge in [0.15, 0.2) is 0 Å². The summed E-state index contributed by atoms with van der Waals surface area (Å²) in [5.74, 6) is 0.00644. The van der Waals surface area contributed by atoms with E-state index in [0.29, 0.717) is 24.5 Å². The molecule has 0 saturated carbocycles. The molecular weight excluding hydrogens is 362 g/mol. The lowest BCUT2D eigenvalue weighted by molar-refractivity contribution is -0.121. The molecule has 2 N–H and O–H groups in total. The second kappa shape index (κ2) is 8.44. The maximum atomic E-state index is 12.3. The number of anilines is 2. The zero-order chi connectivity index (χ0) is 19.4. The van der Waals surface area contributed by atoms with Crippen LogP contribution in [-0.4, -0.2) is 24.4 Å². The first-order valence-corrected chi connectivity index (χ1v) is 9.51. The molecule has 0 spiro atoms. The van der Waals surface area contributed by atoms with Crippen molar-refractivity contribution in [3.05, 3.63) is 58.6 Å².